The summed E-state index contributed by atoms with van der Waals surface area (Å²) < 4.78 is 2.03. The van der Waals surface area contributed by atoms with Crippen LogP contribution in [-0.4, -0.2) is 38.5 Å². The fourth-order valence-electron chi connectivity index (χ4n) is 3.48. The van der Waals surface area contributed by atoms with E-state index in [1.165, 1.54) is 11.1 Å². The summed E-state index contributed by atoms with van der Waals surface area (Å²) in [5.41, 5.74) is 4.32. The van der Waals surface area contributed by atoms with Crippen LogP contribution in [0, 0.1) is 6.92 Å². The van der Waals surface area contributed by atoms with Crippen LogP contribution >= 0.6 is 0 Å². The van der Waals surface area contributed by atoms with Crippen molar-refractivity contribution >= 4 is 11.4 Å². The molecule has 1 saturated heterocycles. The summed E-state index contributed by atoms with van der Waals surface area (Å²) in [4.78, 5) is 14.7. The number of aromatic amines is 1. The van der Waals surface area contributed by atoms with E-state index in [0.29, 0.717) is 5.92 Å². The zero-order valence-electron chi connectivity index (χ0n) is 13.2. The monoisotopic (exact) mass is 308 g/mol. The molecule has 0 bridgehead atoms. The van der Waals surface area contributed by atoms with Gasteiger partial charge in [-0.2, -0.15) is 5.10 Å². The van der Waals surface area contributed by atoms with Crippen LogP contribution in [0.5, 0.6) is 0 Å². The van der Waals surface area contributed by atoms with Crippen LogP contribution < -0.4 is 0 Å². The SMILES string of the molecule is Cc1cccn2cc(C(=O)N3CCC(c4cn[nH]c4)CC3)cc12. The summed E-state index contributed by atoms with van der Waals surface area (Å²) in [6, 6.07) is 6.08. The Hall–Kier alpha value is -2.56. The Morgan fingerprint density at radius 2 is 2.17 bits per heavy atom. The minimum Gasteiger partial charge on any atom is -0.339 e. The molecule has 5 heteroatoms. The predicted molar refractivity (Wildman–Crippen MR) is 88.6 cm³/mol. The molecule has 3 aromatic heterocycles. The van der Waals surface area contributed by atoms with Crippen LogP contribution in [0.4, 0.5) is 0 Å². The maximum absolute atomic E-state index is 12.8. The summed E-state index contributed by atoms with van der Waals surface area (Å²) in [7, 11) is 0. The molecule has 0 radical (unpaired) electrons. The molecule has 23 heavy (non-hydrogen) atoms. The molecule has 0 aliphatic carbocycles. The lowest BCUT2D eigenvalue weighted by molar-refractivity contribution is 0.0713. The smallest absolute Gasteiger partial charge is 0.255 e. The number of pyridine rings is 1. The number of amides is 1. The number of nitrogens with one attached hydrogen (secondary N) is 1. The van der Waals surface area contributed by atoms with Crippen LogP contribution in [0.25, 0.3) is 5.52 Å². The fraction of sp³-hybridized carbons (Fsp3) is 0.333. The van der Waals surface area contributed by atoms with E-state index >= 15 is 0 Å². The second-order valence-corrected chi connectivity index (χ2v) is 6.31. The Morgan fingerprint density at radius 3 is 2.87 bits per heavy atom. The Morgan fingerprint density at radius 1 is 1.35 bits per heavy atom. The van der Waals surface area contributed by atoms with Crippen LogP contribution in [0.2, 0.25) is 0 Å². The van der Waals surface area contributed by atoms with E-state index in [1.807, 2.05) is 46.2 Å². The molecule has 0 spiro atoms. The maximum atomic E-state index is 12.8. The third-order valence-corrected chi connectivity index (χ3v) is 4.87. The standard InChI is InChI=1S/C18H20N4O/c1-13-3-2-6-22-12-15(9-17(13)22)18(23)21-7-4-14(5-8-21)16-10-19-20-11-16/h2-3,6,9-12,14H,4-5,7-8H2,1H3,(H,19,20). The first-order valence-corrected chi connectivity index (χ1v) is 8.07. The highest BCUT2D eigenvalue weighted by molar-refractivity contribution is 5.96. The second kappa shape index (κ2) is 5.57. The number of fused-ring (bicyclic) bond motifs is 1. The molecule has 0 atom stereocenters. The van der Waals surface area contributed by atoms with Crippen LogP contribution in [0.15, 0.2) is 43.0 Å². The van der Waals surface area contributed by atoms with Crippen molar-refractivity contribution in [3.8, 4) is 0 Å². The van der Waals surface area contributed by atoms with E-state index in [-0.39, 0.29) is 5.91 Å². The lowest BCUT2D eigenvalue weighted by Crippen LogP contribution is -2.37. The van der Waals surface area contributed by atoms with Gasteiger partial charge in [-0.1, -0.05) is 6.07 Å². The Bertz CT molecular complexity index is 826. The van der Waals surface area contributed by atoms with E-state index in [2.05, 4.69) is 23.2 Å². The number of likely N-dealkylation sites (tertiary alicyclic amines) is 1. The Balaban J connectivity index is 1.50. The molecule has 118 valence electrons. The highest BCUT2D eigenvalue weighted by Gasteiger charge is 2.25. The lowest BCUT2D eigenvalue weighted by Gasteiger charge is -2.31. The maximum Gasteiger partial charge on any atom is 0.255 e. The van der Waals surface area contributed by atoms with Gasteiger partial charge in [0.05, 0.1) is 11.8 Å². The number of carbonyl (C=O) groups is 1. The van der Waals surface area contributed by atoms with Gasteiger partial charge in [-0.05, 0) is 48.9 Å². The van der Waals surface area contributed by atoms with Gasteiger partial charge in [0.1, 0.15) is 0 Å². The van der Waals surface area contributed by atoms with Crippen LogP contribution in [0.3, 0.4) is 0 Å². The molecule has 5 nitrogen and oxygen atoms in total. The molecule has 3 aromatic rings. The van der Waals surface area contributed by atoms with E-state index in [0.717, 1.165) is 37.0 Å². The molecule has 0 saturated carbocycles. The molecule has 1 aliphatic rings. The highest BCUT2D eigenvalue weighted by atomic mass is 16.2. The fourth-order valence-corrected chi connectivity index (χ4v) is 3.48. The number of aryl methyl sites for hydroxylation is 1. The van der Waals surface area contributed by atoms with Crippen molar-refractivity contribution in [2.24, 2.45) is 0 Å². The van der Waals surface area contributed by atoms with Gasteiger partial charge in [0.25, 0.3) is 5.91 Å². The summed E-state index contributed by atoms with van der Waals surface area (Å²) in [6.45, 7) is 3.68. The van der Waals surface area contributed by atoms with Gasteiger partial charge in [-0.25, -0.2) is 0 Å². The zero-order chi connectivity index (χ0) is 15.8. The molecular formula is C18H20N4O. The molecule has 4 rings (SSSR count). The van der Waals surface area contributed by atoms with Crippen molar-refractivity contribution < 1.29 is 4.79 Å². The van der Waals surface area contributed by atoms with Crippen molar-refractivity contribution in [1.82, 2.24) is 19.5 Å². The number of hydrogen-bond donors (Lipinski definition) is 1. The number of piperidine rings is 1. The Kier molecular flexibility index (Phi) is 3.41. The van der Waals surface area contributed by atoms with E-state index in [4.69, 9.17) is 0 Å². The largest absolute Gasteiger partial charge is 0.339 e. The number of hydrogen-bond acceptors (Lipinski definition) is 2. The van der Waals surface area contributed by atoms with Crippen molar-refractivity contribution in [1.29, 1.82) is 0 Å². The third-order valence-electron chi connectivity index (χ3n) is 4.87. The lowest BCUT2D eigenvalue weighted by atomic mass is 9.91. The number of H-pyrrole nitrogens is 1. The number of rotatable bonds is 2. The quantitative estimate of drug-likeness (QED) is 0.791. The van der Waals surface area contributed by atoms with E-state index < -0.39 is 0 Å². The molecule has 4 heterocycles. The summed E-state index contributed by atoms with van der Waals surface area (Å²) in [5, 5.41) is 6.90. The molecule has 1 N–H and O–H groups in total. The van der Waals surface area contributed by atoms with E-state index in [1.54, 1.807) is 0 Å². The van der Waals surface area contributed by atoms with Crippen molar-refractivity contribution in [2.45, 2.75) is 25.7 Å². The molecule has 1 aliphatic heterocycles. The summed E-state index contributed by atoms with van der Waals surface area (Å²) in [6.07, 6.45) is 9.78. The topological polar surface area (TPSA) is 53.4 Å². The average molecular weight is 308 g/mol. The van der Waals surface area contributed by atoms with Gasteiger partial charge in [0.15, 0.2) is 0 Å². The van der Waals surface area contributed by atoms with Crippen LogP contribution in [-0.2, 0) is 0 Å². The summed E-state index contributed by atoms with van der Waals surface area (Å²) >= 11 is 0. The third kappa shape index (κ3) is 2.52. The van der Waals surface area contributed by atoms with Crippen molar-refractivity contribution in [2.75, 3.05) is 13.1 Å². The average Bonchev–Trinajstić information content (AvgIpc) is 3.24. The summed E-state index contributed by atoms with van der Waals surface area (Å²) in [5.74, 6) is 0.645. The minimum absolute atomic E-state index is 0.138. The van der Waals surface area contributed by atoms with Gasteiger partial charge < -0.3 is 9.30 Å². The number of aromatic nitrogens is 3. The van der Waals surface area contributed by atoms with E-state index in [9.17, 15) is 4.79 Å². The van der Waals surface area contributed by atoms with Gasteiger partial charge >= 0.3 is 0 Å². The highest BCUT2D eigenvalue weighted by Crippen LogP contribution is 2.28. The van der Waals surface area contributed by atoms with Gasteiger partial charge in [0, 0.05) is 37.2 Å². The van der Waals surface area contributed by atoms with Crippen LogP contribution in [0.1, 0.15) is 40.2 Å². The molecule has 0 unspecified atom stereocenters. The van der Waals surface area contributed by atoms with Crippen molar-refractivity contribution in [3.05, 3.63) is 59.7 Å². The molecule has 1 amide bonds. The Labute approximate surface area is 134 Å². The van der Waals surface area contributed by atoms with Gasteiger partial charge in [0.2, 0.25) is 0 Å². The minimum atomic E-state index is 0.138. The number of carbonyl (C=O) groups excluding carboxylic acids is 1. The zero-order valence-corrected chi connectivity index (χ0v) is 13.2. The first-order chi connectivity index (χ1) is 11.2. The first-order valence-electron chi connectivity index (χ1n) is 8.07. The first kappa shape index (κ1) is 14.1. The number of nitrogens with zero attached hydrogens (tertiary/aromatic N) is 3. The van der Waals surface area contributed by atoms with Gasteiger partial charge in [-0.3, -0.25) is 9.89 Å². The second-order valence-electron chi connectivity index (χ2n) is 6.31. The van der Waals surface area contributed by atoms with Crippen molar-refractivity contribution in [3.63, 3.8) is 0 Å². The normalized spacial score (nSPS) is 16.1. The van der Waals surface area contributed by atoms with Gasteiger partial charge in [-0.15, -0.1) is 0 Å². The predicted octanol–water partition coefficient (Wildman–Crippen LogP) is 2.99. The molecular weight excluding hydrogens is 288 g/mol. The molecule has 1 fully saturated rings. The molecule has 0 aromatic carbocycles.